The van der Waals surface area contributed by atoms with Crippen LogP contribution in [0.4, 0.5) is 23.9 Å². The minimum Gasteiger partial charge on any atom is -0.312 e. The van der Waals surface area contributed by atoms with Gasteiger partial charge in [-0.05, 0) is 66.8 Å². The Balaban J connectivity index is 1.53. The minimum atomic E-state index is -4.78. The third-order valence-electron chi connectivity index (χ3n) is 6.65. The Bertz CT molecular complexity index is 1890. The van der Waals surface area contributed by atoms with E-state index in [9.17, 15) is 38.6 Å². The largest absolute Gasteiger partial charge is 0.433 e. The molecule has 0 radical (unpaired) electrons. The van der Waals surface area contributed by atoms with Crippen LogP contribution in [0.2, 0.25) is 0 Å². The topological polar surface area (TPSA) is 146 Å². The number of aromatic nitrogens is 2. The van der Waals surface area contributed by atoms with Crippen molar-refractivity contribution in [2.24, 2.45) is 0 Å². The third-order valence-corrected chi connectivity index (χ3v) is 8.81. The Kier molecular flexibility index (Phi) is 8.76. The van der Waals surface area contributed by atoms with Gasteiger partial charge in [-0.25, -0.2) is 9.97 Å². The van der Waals surface area contributed by atoms with Gasteiger partial charge < -0.3 is 5.32 Å². The number of hydrogen-bond donors (Lipinski definition) is 1. The monoisotopic (exact) mass is 632 g/mol. The van der Waals surface area contributed by atoms with Crippen LogP contribution in [0.3, 0.4) is 0 Å². The van der Waals surface area contributed by atoms with Crippen molar-refractivity contribution in [2.45, 2.75) is 41.9 Å². The molecule has 0 spiro atoms. The number of halogens is 3. The van der Waals surface area contributed by atoms with Crippen LogP contribution in [0.1, 0.15) is 40.1 Å². The van der Waals surface area contributed by atoms with Crippen molar-refractivity contribution in [1.82, 2.24) is 9.97 Å². The number of non-ortho nitro benzene ring substituents is 1. The van der Waals surface area contributed by atoms with Crippen molar-refractivity contribution in [2.75, 3.05) is 5.32 Å². The number of fused-ring (bicyclic) bond motifs is 1. The summed E-state index contributed by atoms with van der Waals surface area (Å²) in [6.45, 7) is 0. The number of thiophene rings is 1. The Morgan fingerprint density at radius 3 is 2.52 bits per heavy atom. The average Bonchev–Trinajstić information content (AvgIpc) is 3.36. The maximum atomic E-state index is 13.8. The number of hydrogen-bond acceptors (Lipinski definition) is 9. The summed E-state index contributed by atoms with van der Waals surface area (Å²) in [5.74, 6) is -0.841. The highest BCUT2D eigenvalue weighted by atomic mass is 32.2. The molecule has 1 N–H and O–H groups in total. The molecule has 1 amide bonds. The molecule has 14 heteroatoms. The fraction of sp³-hybridized carbons (Fsp3) is 0.167. The smallest absolute Gasteiger partial charge is 0.312 e. The van der Waals surface area contributed by atoms with E-state index >= 15 is 0 Å². The predicted octanol–water partition coefficient (Wildman–Crippen LogP) is 7.58. The number of nitro benzene ring substituents is 1. The quantitative estimate of drug-likeness (QED) is 0.0721. The van der Waals surface area contributed by atoms with Crippen LogP contribution in [0.5, 0.6) is 0 Å². The molecule has 0 saturated heterocycles. The van der Waals surface area contributed by atoms with Crippen LogP contribution < -0.4 is 5.32 Å². The maximum absolute atomic E-state index is 13.8. The van der Waals surface area contributed by atoms with Crippen molar-refractivity contribution < 1.29 is 22.9 Å². The molecular formula is C30H19F3N6O3S2. The number of nitrogens with zero attached hydrogens (tertiary/aromatic N) is 5. The van der Waals surface area contributed by atoms with E-state index in [4.69, 9.17) is 0 Å². The van der Waals surface area contributed by atoms with Crippen molar-refractivity contribution in [1.29, 1.82) is 10.5 Å². The van der Waals surface area contributed by atoms with Gasteiger partial charge in [0, 0.05) is 27.5 Å². The van der Waals surface area contributed by atoms with E-state index in [0.29, 0.717) is 34.3 Å². The van der Waals surface area contributed by atoms with Gasteiger partial charge in [-0.15, -0.1) is 11.3 Å². The number of carbonyl (C=O) groups excluding carboxylic acids is 1. The first-order valence-corrected chi connectivity index (χ1v) is 14.7. The van der Waals surface area contributed by atoms with Crippen molar-refractivity contribution in [3.05, 3.63) is 97.5 Å². The van der Waals surface area contributed by atoms with Crippen LogP contribution >= 0.6 is 23.1 Å². The van der Waals surface area contributed by atoms with E-state index in [-0.39, 0.29) is 27.0 Å². The lowest BCUT2D eigenvalue weighted by Gasteiger charge is -2.11. The number of amides is 1. The van der Waals surface area contributed by atoms with Crippen molar-refractivity contribution in [3.8, 4) is 23.4 Å². The first-order chi connectivity index (χ1) is 21.1. The molecule has 2 heterocycles. The number of alkyl halides is 3. The van der Waals surface area contributed by atoms with Gasteiger partial charge in [-0.2, -0.15) is 23.7 Å². The first kappa shape index (κ1) is 30.4. The molecule has 9 nitrogen and oxygen atoms in total. The standard InChI is InChI=1S/C30H19F3N6O3S2/c31-30(32,33)26-14-23(17-6-2-1-3-7-17)36-29(37-26)44-24-11-10-20(39(41)42)13-18(24)12-19(15-34)27(40)38-28-22(16-35)21-8-4-5-9-25(21)43-28/h1-3,6-7,10-14H,4-5,8-9H2,(H,38,40)/b19-12-. The molecule has 4 aromatic rings. The van der Waals surface area contributed by atoms with Gasteiger partial charge >= 0.3 is 6.18 Å². The maximum Gasteiger partial charge on any atom is 0.433 e. The first-order valence-electron chi connectivity index (χ1n) is 13.0. The molecular weight excluding hydrogens is 613 g/mol. The summed E-state index contributed by atoms with van der Waals surface area (Å²) < 4.78 is 41.3. The molecule has 1 aliphatic carbocycles. The highest BCUT2D eigenvalue weighted by Gasteiger charge is 2.34. The number of nitriles is 2. The van der Waals surface area contributed by atoms with E-state index < -0.39 is 28.3 Å². The highest BCUT2D eigenvalue weighted by molar-refractivity contribution is 7.99. The summed E-state index contributed by atoms with van der Waals surface area (Å²) in [5.41, 5.74) is -0.308. The highest BCUT2D eigenvalue weighted by Crippen LogP contribution is 2.39. The molecule has 0 aliphatic heterocycles. The van der Waals surface area contributed by atoms with Gasteiger partial charge in [0.1, 0.15) is 28.4 Å². The fourth-order valence-electron chi connectivity index (χ4n) is 4.57. The summed E-state index contributed by atoms with van der Waals surface area (Å²) >= 11 is 1.96. The number of aryl methyl sites for hydroxylation is 1. The zero-order chi connectivity index (χ0) is 31.4. The van der Waals surface area contributed by atoms with Gasteiger partial charge in [0.2, 0.25) is 0 Å². The number of carbonyl (C=O) groups is 1. The number of benzene rings is 2. The third kappa shape index (κ3) is 6.62. The van der Waals surface area contributed by atoms with E-state index in [2.05, 4.69) is 21.4 Å². The molecule has 5 rings (SSSR count). The van der Waals surface area contributed by atoms with Crippen molar-refractivity contribution in [3.63, 3.8) is 0 Å². The van der Waals surface area contributed by atoms with Crippen LogP contribution in [0.25, 0.3) is 17.3 Å². The molecule has 0 saturated carbocycles. The molecule has 0 unspecified atom stereocenters. The van der Waals surface area contributed by atoms with Gasteiger partial charge in [0.15, 0.2) is 5.16 Å². The van der Waals surface area contributed by atoms with Crippen LogP contribution in [-0.4, -0.2) is 20.8 Å². The lowest BCUT2D eigenvalue weighted by molar-refractivity contribution is -0.384. The zero-order valence-electron chi connectivity index (χ0n) is 22.5. The van der Waals surface area contributed by atoms with Gasteiger partial charge in [0.05, 0.1) is 16.2 Å². The molecule has 2 aromatic heterocycles. The number of nitrogens with one attached hydrogen (secondary N) is 1. The summed E-state index contributed by atoms with van der Waals surface area (Å²) in [7, 11) is 0. The van der Waals surface area contributed by atoms with E-state index in [1.165, 1.54) is 17.4 Å². The SMILES string of the molecule is N#C/C(=C/c1cc([N+](=O)[O-])ccc1Sc1nc(-c2ccccc2)cc(C(F)(F)F)n1)C(=O)Nc1sc2c(c1C#N)CCCC2. The molecule has 2 aromatic carbocycles. The van der Waals surface area contributed by atoms with Gasteiger partial charge in [0.25, 0.3) is 11.6 Å². The number of nitro groups is 1. The fourth-order valence-corrected chi connectivity index (χ4v) is 6.66. The molecule has 0 fully saturated rings. The Morgan fingerprint density at radius 1 is 1.09 bits per heavy atom. The summed E-state index contributed by atoms with van der Waals surface area (Å²) in [6, 6.07) is 16.5. The van der Waals surface area contributed by atoms with E-state index in [1.807, 2.05) is 0 Å². The summed E-state index contributed by atoms with van der Waals surface area (Å²) in [5, 5.41) is 33.7. The molecule has 0 bridgehead atoms. The van der Waals surface area contributed by atoms with Gasteiger partial charge in [-0.3, -0.25) is 14.9 Å². The summed E-state index contributed by atoms with van der Waals surface area (Å²) in [6.07, 6.45) is -0.298. The van der Waals surface area contributed by atoms with E-state index in [0.717, 1.165) is 54.0 Å². The van der Waals surface area contributed by atoms with Crippen LogP contribution in [0, 0.1) is 32.8 Å². The molecule has 1 aliphatic rings. The lowest BCUT2D eigenvalue weighted by atomic mass is 9.96. The van der Waals surface area contributed by atoms with Crippen molar-refractivity contribution >= 4 is 45.8 Å². The molecule has 0 atom stereocenters. The predicted molar refractivity (Wildman–Crippen MR) is 158 cm³/mol. The summed E-state index contributed by atoms with van der Waals surface area (Å²) in [4.78, 5) is 33.1. The lowest BCUT2D eigenvalue weighted by Crippen LogP contribution is -2.13. The minimum absolute atomic E-state index is 0.0125. The molecule has 220 valence electrons. The number of rotatable bonds is 7. The molecule has 44 heavy (non-hydrogen) atoms. The second-order valence-corrected chi connectivity index (χ2v) is 11.6. The normalized spacial score (nSPS) is 13.0. The van der Waals surface area contributed by atoms with E-state index in [1.54, 1.807) is 36.4 Å². The second kappa shape index (κ2) is 12.7. The van der Waals surface area contributed by atoms with Gasteiger partial charge in [-0.1, -0.05) is 30.3 Å². The van der Waals surface area contributed by atoms with Crippen LogP contribution in [-0.2, 0) is 23.8 Å². The zero-order valence-corrected chi connectivity index (χ0v) is 24.1. The average molecular weight is 633 g/mol. The number of anilines is 1. The Labute approximate surface area is 256 Å². The second-order valence-electron chi connectivity index (χ2n) is 9.52. The van der Waals surface area contributed by atoms with Crippen LogP contribution in [0.15, 0.2) is 70.2 Å². The Morgan fingerprint density at radius 2 is 1.84 bits per heavy atom. The Hall–Kier alpha value is -5.05.